The topological polar surface area (TPSA) is 80.8 Å². The predicted octanol–water partition coefficient (Wildman–Crippen LogP) is 5.25. The summed E-state index contributed by atoms with van der Waals surface area (Å²) in [4.78, 5) is 0.167. The highest BCUT2D eigenvalue weighted by Crippen LogP contribution is 2.25. The first-order valence-electron chi connectivity index (χ1n) is 11.3. The van der Waals surface area contributed by atoms with Crippen LogP contribution in [0.1, 0.15) is 36.5 Å². The Balaban J connectivity index is 1.85. The molecule has 0 aromatic heterocycles. The SMILES string of the molecule is CCCCc1ccc(N(CCOS(=O)(=O)c2ccc(C)cc2)S(=O)(=O)c2ccc(C)cc2)cc1. The van der Waals surface area contributed by atoms with Gasteiger partial charge in [0.2, 0.25) is 0 Å². The molecule has 0 aliphatic carbocycles. The van der Waals surface area contributed by atoms with Gasteiger partial charge in [-0.2, -0.15) is 8.42 Å². The van der Waals surface area contributed by atoms with Crippen LogP contribution in [0.25, 0.3) is 0 Å². The van der Waals surface area contributed by atoms with Crippen LogP contribution in [0.3, 0.4) is 0 Å². The monoisotopic (exact) mass is 501 g/mol. The fourth-order valence-corrected chi connectivity index (χ4v) is 5.79. The summed E-state index contributed by atoms with van der Waals surface area (Å²) in [6, 6.07) is 20.2. The summed E-state index contributed by atoms with van der Waals surface area (Å²) in [6.07, 6.45) is 3.04. The largest absolute Gasteiger partial charge is 0.297 e. The van der Waals surface area contributed by atoms with Crippen LogP contribution in [0.5, 0.6) is 0 Å². The van der Waals surface area contributed by atoms with Gasteiger partial charge in [0, 0.05) is 0 Å². The number of nitrogens with zero attached hydrogens (tertiary/aromatic N) is 1. The molecule has 0 spiro atoms. The maximum absolute atomic E-state index is 13.5. The Bertz CT molecular complexity index is 1280. The summed E-state index contributed by atoms with van der Waals surface area (Å²) >= 11 is 0. The second-order valence-electron chi connectivity index (χ2n) is 8.25. The maximum Gasteiger partial charge on any atom is 0.297 e. The average molecular weight is 502 g/mol. The summed E-state index contributed by atoms with van der Waals surface area (Å²) in [7, 11) is -7.94. The maximum atomic E-state index is 13.5. The molecule has 0 aliphatic rings. The minimum atomic E-state index is -4.01. The number of benzene rings is 3. The highest BCUT2D eigenvalue weighted by Gasteiger charge is 2.26. The Kier molecular flexibility index (Phi) is 8.52. The summed E-state index contributed by atoms with van der Waals surface area (Å²) in [5, 5.41) is 0. The van der Waals surface area contributed by atoms with Crippen molar-refractivity contribution in [1.82, 2.24) is 0 Å². The van der Waals surface area contributed by atoms with Crippen LogP contribution in [0.2, 0.25) is 0 Å². The number of hydrogen-bond donors (Lipinski definition) is 0. The summed E-state index contributed by atoms with van der Waals surface area (Å²) in [5.41, 5.74) is 3.45. The third-order valence-corrected chi connectivity index (χ3v) is 8.66. The van der Waals surface area contributed by atoms with E-state index in [-0.39, 0.29) is 22.9 Å². The lowest BCUT2D eigenvalue weighted by molar-refractivity contribution is 0.328. The van der Waals surface area contributed by atoms with Gasteiger partial charge in [0.05, 0.1) is 28.6 Å². The van der Waals surface area contributed by atoms with Crippen molar-refractivity contribution in [2.75, 3.05) is 17.5 Å². The van der Waals surface area contributed by atoms with Crippen molar-refractivity contribution in [2.45, 2.75) is 49.8 Å². The van der Waals surface area contributed by atoms with Gasteiger partial charge in [0.15, 0.2) is 0 Å². The van der Waals surface area contributed by atoms with Crippen molar-refractivity contribution in [2.24, 2.45) is 0 Å². The zero-order chi connectivity index (χ0) is 24.8. The minimum Gasteiger partial charge on any atom is -0.264 e. The molecule has 6 nitrogen and oxygen atoms in total. The molecular formula is C26H31NO5S2. The molecule has 0 unspecified atom stereocenters. The normalized spacial score (nSPS) is 12.0. The molecule has 0 bridgehead atoms. The third kappa shape index (κ3) is 6.46. The second kappa shape index (κ2) is 11.2. The van der Waals surface area contributed by atoms with E-state index in [4.69, 9.17) is 4.18 Å². The van der Waals surface area contributed by atoms with Crippen LogP contribution in [0.4, 0.5) is 5.69 Å². The van der Waals surface area contributed by atoms with Crippen LogP contribution < -0.4 is 4.31 Å². The van der Waals surface area contributed by atoms with E-state index >= 15 is 0 Å². The number of hydrogen-bond acceptors (Lipinski definition) is 5. The van der Waals surface area contributed by atoms with Gasteiger partial charge in [0.1, 0.15) is 0 Å². The number of sulfonamides is 1. The highest BCUT2D eigenvalue weighted by molar-refractivity contribution is 7.92. The molecule has 0 aliphatic heterocycles. The van der Waals surface area contributed by atoms with Gasteiger partial charge in [-0.25, -0.2) is 8.42 Å². The van der Waals surface area contributed by atoms with Gasteiger partial charge in [-0.1, -0.05) is 60.9 Å². The van der Waals surface area contributed by atoms with Gasteiger partial charge in [-0.05, 0) is 68.7 Å². The Labute approximate surface area is 203 Å². The zero-order valence-corrected chi connectivity index (χ0v) is 21.4. The molecule has 0 radical (unpaired) electrons. The number of aryl methyl sites for hydroxylation is 3. The molecule has 3 rings (SSSR count). The molecular weight excluding hydrogens is 470 g/mol. The standard InChI is InChI=1S/C26H31NO5S2/c1-4-5-6-23-11-13-24(14-12-23)27(33(28,29)25-15-7-21(2)8-16-25)19-20-32-34(30,31)26-17-9-22(3)10-18-26/h7-18H,4-6,19-20H2,1-3H3. The molecule has 0 saturated carbocycles. The van der Waals surface area contributed by atoms with E-state index in [1.165, 1.54) is 16.4 Å². The Morgan fingerprint density at radius 1 is 0.735 bits per heavy atom. The van der Waals surface area contributed by atoms with E-state index < -0.39 is 20.1 Å². The highest BCUT2D eigenvalue weighted by atomic mass is 32.2. The van der Waals surface area contributed by atoms with Crippen molar-refractivity contribution in [3.63, 3.8) is 0 Å². The zero-order valence-electron chi connectivity index (χ0n) is 19.8. The minimum absolute atomic E-state index is 0.0336. The molecule has 0 saturated heterocycles. The summed E-state index contributed by atoms with van der Waals surface area (Å²) in [6.45, 7) is 5.38. The van der Waals surface area contributed by atoms with E-state index in [1.807, 2.05) is 26.0 Å². The smallest absolute Gasteiger partial charge is 0.264 e. The van der Waals surface area contributed by atoms with E-state index in [1.54, 1.807) is 48.5 Å². The van der Waals surface area contributed by atoms with Crippen molar-refractivity contribution >= 4 is 25.8 Å². The lowest BCUT2D eigenvalue weighted by Crippen LogP contribution is -2.34. The van der Waals surface area contributed by atoms with Gasteiger partial charge in [-0.3, -0.25) is 8.49 Å². The predicted molar refractivity (Wildman–Crippen MR) is 135 cm³/mol. The van der Waals surface area contributed by atoms with Crippen LogP contribution in [0, 0.1) is 13.8 Å². The average Bonchev–Trinajstić information content (AvgIpc) is 2.81. The first kappa shape index (κ1) is 25.9. The van der Waals surface area contributed by atoms with Crippen molar-refractivity contribution in [1.29, 1.82) is 0 Å². The number of anilines is 1. The van der Waals surface area contributed by atoms with Crippen molar-refractivity contribution < 1.29 is 21.0 Å². The fourth-order valence-electron chi connectivity index (χ4n) is 3.44. The lowest BCUT2D eigenvalue weighted by atomic mass is 10.1. The number of unbranched alkanes of at least 4 members (excludes halogenated alkanes) is 1. The van der Waals surface area contributed by atoms with Crippen LogP contribution >= 0.6 is 0 Å². The van der Waals surface area contributed by atoms with Crippen molar-refractivity contribution in [3.05, 3.63) is 89.5 Å². The molecule has 0 amide bonds. The number of rotatable bonds is 11. The summed E-state index contributed by atoms with van der Waals surface area (Å²) in [5.74, 6) is 0. The molecule has 0 N–H and O–H groups in total. The quantitative estimate of drug-likeness (QED) is 0.335. The Morgan fingerprint density at radius 2 is 1.26 bits per heavy atom. The van der Waals surface area contributed by atoms with Crippen LogP contribution in [0.15, 0.2) is 82.6 Å². The van der Waals surface area contributed by atoms with E-state index in [2.05, 4.69) is 6.92 Å². The first-order chi connectivity index (χ1) is 16.1. The van der Waals surface area contributed by atoms with Gasteiger partial charge in [-0.15, -0.1) is 0 Å². The summed E-state index contributed by atoms with van der Waals surface area (Å²) < 4.78 is 58.5. The van der Waals surface area contributed by atoms with E-state index in [0.29, 0.717) is 5.69 Å². The Morgan fingerprint density at radius 3 is 1.79 bits per heavy atom. The molecule has 0 atom stereocenters. The molecule has 3 aromatic carbocycles. The van der Waals surface area contributed by atoms with Crippen LogP contribution in [-0.2, 0) is 30.7 Å². The molecule has 182 valence electrons. The fraction of sp³-hybridized carbons (Fsp3) is 0.308. The Hall–Kier alpha value is -2.68. The molecule has 8 heteroatoms. The molecule has 3 aromatic rings. The van der Waals surface area contributed by atoms with Gasteiger partial charge >= 0.3 is 0 Å². The van der Waals surface area contributed by atoms with Gasteiger partial charge < -0.3 is 0 Å². The third-order valence-electron chi connectivity index (χ3n) is 5.49. The van der Waals surface area contributed by atoms with E-state index in [9.17, 15) is 16.8 Å². The second-order valence-corrected chi connectivity index (χ2v) is 11.7. The van der Waals surface area contributed by atoms with Gasteiger partial charge in [0.25, 0.3) is 20.1 Å². The van der Waals surface area contributed by atoms with Crippen molar-refractivity contribution in [3.8, 4) is 0 Å². The lowest BCUT2D eigenvalue weighted by Gasteiger charge is -2.25. The van der Waals surface area contributed by atoms with Crippen LogP contribution in [-0.4, -0.2) is 30.0 Å². The molecule has 34 heavy (non-hydrogen) atoms. The molecule has 0 heterocycles. The first-order valence-corrected chi connectivity index (χ1v) is 14.1. The molecule has 0 fully saturated rings. The van der Waals surface area contributed by atoms with E-state index in [0.717, 1.165) is 36.0 Å².